The summed E-state index contributed by atoms with van der Waals surface area (Å²) in [5.41, 5.74) is 2.15. The van der Waals surface area contributed by atoms with E-state index >= 15 is 0 Å². The van der Waals surface area contributed by atoms with Crippen LogP contribution >= 0.6 is 15.9 Å². The van der Waals surface area contributed by atoms with Crippen molar-refractivity contribution in [3.05, 3.63) is 28.5 Å². The van der Waals surface area contributed by atoms with Crippen molar-refractivity contribution in [2.45, 2.75) is 25.3 Å². The predicted molar refractivity (Wildman–Crippen MR) is 68.4 cm³/mol. The van der Waals surface area contributed by atoms with Crippen LogP contribution in [0.5, 0.6) is 0 Å². The van der Waals surface area contributed by atoms with Crippen LogP contribution in [-0.2, 0) is 0 Å². The molecule has 1 aromatic heterocycles. The zero-order valence-corrected chi connectivity index (χ0v) is 10.5. The Morgan fingerprint density at radius 2 is 2.25 bits per heavy atom. The monoisotopic (exact) mass is 279 g/mol. The van der Waals surface area contributed by atoms with Crippen LogP contribution in [0, 0.1) is 0 Å². The molecule has 0 radical (unpaired) electrons. The number of H-pyrrole nitrogens is 1. The smallest absolute Gasteiger partial charge is 0.124 e. The maximum Gasteiger partial charge on any atom is 0.124 e. The van der Waals surface area contributed by atoms with E-state index in [9.17, 15) is 0 Å². The zero-order valence-electron chi connectivity index (χ0n) is 8.96. The van der Waals surface area contributed by atoms with E-state index in [0.29, 0.717) is 6.04 Å². The number of nitrogens with one attached hydrogen (secondary N) is 2. The summed E-state index contributed by atoms with van der Waals surface area (Å²) in [6.45, 7) is 1.10. The Hall–Kier alpha value is -0.870. The average molecular weight is 280 g/mol. The van der Waals surface area contributed by atoms with Crippen molar-refractivity contribution >= 4 is 27.0 Å². The van der Waals surface area contributed by atoms with Crippen LogP contribution < -0.4 is 5.32 Å². The van der Waals surface area contributed by atoms with Gasteiger partial charge >= 0.3 is 0 Å². The molecule has 0 saturated carbocycles. The highest BCUT2D eigenvalue weighted by Crippen LogP contribution is 2.24. The third-order valence-corrected chi connectivity index (χ3v) is 3.60. The molecule has 1 saturated heterocycles. The molecule has 84 valence electrons. The minimum absolute atomic E-state index is 0.403. The van der Waals surface area contributed by atoms with E-state index in [1.165, 1.54) is 19.3 Å². The van der Waals surface area contributed by atoms with Gasteiger partial charge in [-0.15, -0.1) is 0 Å². The van der Waals surface area contributed by atoms with Gasteiger partial charge in [-0.3, -0.25) is 0 Å². The molecule has 2 heterocycles. The fraction of sp³-hybridized carbons (Fsp3) is 0.417. The maximum absolute atomic E-state index is 4.64. The molecular weight excluding hydrogens is 266 g/mol. The van der Waals surface area contributed by atoms with E-state index in [1.807, 2.05) is 12.1 Å². The van der Waals surface area contributed by atoms with Gasteiger partial charge in [-0.1, -0.05) is 22.4 Å². The minimum atomic E-state index is 0.403. The van der Waals surface area contributed by atoms with Crippen LogP contribution in [-0.4, -0.2) is 16.5 Å². The molecule has 0 amide bonds. The van der Waals surface area contributed by atoms with E-state index in [4.69, 9.17) is 0 Å². The average Bonchev–Trinajstić information content (AvgIpc) is 2.73. The number of halogens is 1. The van der Waals surface area contributed by atoms with Crippen LogP contribution in [0.2, 0.25) is 0 Å². The van der Waals surface area contributed by atoms with Crippen molar-refractivity contribution in [3.8, 4) is 0 Å². The van der Waals surface area contributed by atoms with Crippen molar-refractivity contribution in [2.75, 3.05) is 6.54 Å². The number of aromatic nitrogens is 2. The molecule has 1 aliphatic rings. The van der Waals surface area contributed by atoms with Gasteiger partial charge in [0.1, 0.15) is 5.82 Å². The first-order valence-corrected chi connectivity index (χ1v) is 6.51. The third kappa shape index (κ3) is 1.87. The Balaban J connectivity index is 1.97. The molecule has 4 heteroatoms. The molecule has 1 fully saturated rings. The minimum Gasteiger partial charge on any atom is -0.341 e. The Bertz CT molecular complexity index is 500. The highest BCUT2D eigenvalue weighted by Gasteiger charge is 2.17. The van der Waals surface area contributed by atoms with Gasteiger partial charge in [0.25, 0.3) is 0 Å². The number of hydrogen-bond acceptors (Lipinski definition) is 2. The lowest BCUT2D eigenvalue weighted by atomic mass is 10.0. The van der Waals surface area contributed by atoms with E-state index in [2.05, 4.69) is 37.3 Å². The van der Waals surface area contributed by atoms with Crippen LogP contribution in [0.15, 0.2) is 22.7 Å². The molecule has 3 nitrogen and oxygen atoms in total. The Labute approximate surface area is 103 Å². The summed E-state index contributed by atoms with van der Waals surface area (Å²) in [6, 6.07) is 6.55. The molecule has 2 aromatic rings. The summed E-state index contributed by atoms with van der Waals surface area (Å²) in [6.07, 6.45) is 3.75. The maximum atomic E-state index is 4.64. The second-order valence-corrected chi connectivity index (χ2v) is 5.20. The van der Waals surface area contributed by atoms with Crippen molar-refractivity contribution in [2.24, 2.45) is 0 Å². The SMILES string of the molecule is Brc1ccc2nc([C@@H]3CCCCN3)[nH]c2c1. The summed E-state index contributed by atoms with van der Waals surface area (Å²) in [5, 5.41) is 3.51. The Kier molecular flexibility index (Phi) is 2.69. The standard InChI is InChI=1S/C12H14BrN3/c13-8-4-5-9-11(7-8)16-12(15-9)10-3-1-2-6-14-10/h4-5,7,10,14H,1-3,6H2,(H,15,16)/t10-/m0/s1. The van der Waals surface area contributed by atoms with Gasteiger partial charge in [0.05, 0.1) is 17.1 Å². The number of hydrogen-bond donors (Lipinski definition) is 2. The molecule has 0 unspecified atom stereocenters. The number of benzene rings is 1. The van der Waals surface area contributed by atoms with E-state index in [0.717, 1.165) is 27.9 Å². The summed E-state index contributed by atoms with van der Waals surface area (Å²) >= 11 is 3.47. The normalized spacial score (nSPS) is 21.4. The van der Waals surface area contributed by atoms with Crippen LogP contribution in [0.4, 0.5) is 0 Å². The number of rotatable bonds is 1. The van der Waals surface area contributed by atoms with Gasteiger partial charge in [-0.2, -0.15) is 0 Å². The fourth-order valence-corrected chi connectivity index (χ4v) is 2.61. The molecule has 1 atom stereocenters. The quantitative estimate of drug-likeness (QED) is 0.842. The topological polar surface area (TPSA) is 40.7 Å². The van der Waals surface area contributed by atoms with E-state index in [-0.39, 0.29) is 0 Å². The van der Waals surface area contributed by atoms with E-state index in [1.54, 1.807) is 0 Å². The number of fused-ring (bicyclic) bond motifs is 1. The van der Waals surface area contributed by atoms with Crippen LogP contribution in [0.1, 0.15) is 31.1 Å². The van der Waals surface area contributed by atoms with Gasteiger partial charge < -0.3 is 10.3 Å². The number of piperidine rings is 1. The summed E-state index contributed by atoms with van der Waals surface area (Å²) < 4.78 is 1.09. The van der Waals surface area contributed by atoms with Crippen LogP contribution in [0.25, 0.3) is 11.0 Å². The molecule has 0 aliphatic carbocycles. The molecule has 0 bridgehead atoms. The van der Waals surface area contributed by atoms with Crippen molar-refractivity contribution < 1.29 is 0 Å². The molecule has 1 aromatic carbocycles. The van der Waals surface area contributed by atoms with Crippen molar-refractivity contribution in [1.29, 1.82) is 0 Å². The summed E-state index contributed by atoms with van der Waals surface area (Å²) in [7, 11) is 0. The first-order valence-electron chi connectivity index (χ1n) is 5.71. The van der Waals surface area contributed by atoms with Gasteiger partial charge in [0.2, 0.25) is 0 Å². The van der Waals surface area contributed by atoms with Gasteiger partial charge in [0.15, 0.2) is 0 Å². The lowest BCUT2D eigenvalue weighted by Gasteiger charge is -2.21. The lowest BCUT2D eigenvalue weighted by molar-refractivity contribution is 0.400. The Morgan fingerprint density at radius 1 is 1.31 bits per heavy atom. The summed E-state index contributed by atoms with van der Waals surface area (Å²) in [4.78, 5) is 8.04. The number of nitrogens with zero attached hydrogens (tertiary/aromatic N) is 1. The van der Waals surface area contributed by atoms with E-state index < -0.39 is 0 Å². The molecule has 2 N–H and O–H groups in total. The highest BCUT2D eigenvalue weighted by atomic mass is 79.9. The van der Waals surface area contributed by atoms with Gasteiger partial charge in [-0.05, 0) is 37.6 Å². The molecule has 1 aliphatic heterocycles. The van der Waals surface area contributed by atoms with Gasteiger partial charge in [-0.25, -0.2) is 4.98 Å². The first kappa shape index (κ1) is 10.3. The number of aromatic amines is 1. The van der Waals surface area contributed by atoms with Gasteiger partial charge in [0, 0.05) is 4.47 Å². The second kappa shape index (κ2) is 4.18. The predicted octanol–water partition coefficient (Wildman–Crippen LogP) is 3.14. The molecule has 16 heavy (non-hydrogen) atoms. The Morgan fingerprint density at radius 3 is 3.06 bits per heavy atom. The second-order valence-electron chi connectivity index (χ2n) is 4.29. The van der Waals surface area contributed by atoms with Crippen LogP contribution in [0.3, 0.4) is 0 Å². The van der Waals surface area contributed by atoms with Crippen molar-refractivity contribution in [1.82, 2.24) is 15.3 Å². The molecule has 3 rings (SSSR count). The molecule has 0 spiro atoms. The summed E-state index contributed by atoms with van der Waals surface area (Å²) in [5.74, 6) is 1.08. The highest BCUT2D eigenvalue weighted by molar-refractivity contribution is 9.10. The molecular formula is C12H14BrN3. The largest absolute Gasteiger partial charge is 0.341 e. The first-order chi connectivity index (χ1) is 7.83. The lowest BCUT2D eigenvalue weighted by Crippen LogP contribution is -2.27. The fourth-order valence-electron chi connectivity index (χ4n) is 2.25. The zero-order chi connectivity index (χ0) is 11.0. The number of imidazole rings is 1. The third-order valence-electron chi connectivity index (χ3n) is 3.10. The van der Waals surface area contributed by atoms with Crippen molar-refractivity contribution in [3.63, 3.8) is 0 Å².